The minimum atomic E-state index is -0.527. The van der Waals surface area contributed by atoms with Crippen molar-refractivity contribution in [3.8, 4) is 0 Å². The Morgan fingerprint density at radius 3 is 2.64 bits per heavy atom. The molecule has 3 fully saturated rings. The number of amides is 2. The summed E-state index contributed by atoms with van der Waals surface area (Å²) in [7, 11) is 0. The zero-order chi connectivity index (χ0) is 24.4. The van der Waals surface area contributed by atoms with Crippen LogP contribution in [0.1, 0.15) is 49.7 Å². The van der Waals surface area contributed by atoms with Crippen LogP contribution in [0.3, 0.4) is 0 Å². The van der Waals surface area contributed by atoms with Gasteiger partial charge in [0.1, 0.15) is 11.4 Å². The van der Waals surface area contributed by atoms with E-state index in [0.717, 1.165) is 68.6 Å². The highest BCUT2D eigenvalue weighted by Crippen LogP contribution is 2.46. The van der Waals surface area contributed by atoms with E-state index in [1.807, 2.05) is 16.0 Å². The molecule has 2 amide bonds. The van der Waals surface area contributed by atoms with Gasteiger partial charge in [-0.15, -0.1) is 0 Å². The van der Waals surface area contributed by atoms with Crippen LogP contribution >= 0.6 is 0 Å². The first kappa shape index (κ1) is 22.0. The lowest BCUT2D eigenvalue weighted by Crippen LogP contribution is -2.40. The second kappa shape index (κ2) is 8.17. The van der Waals surface area contributed by atoms with Crippen LogP contribution in [0.15, 0.2) is 59.3 Å². The van der Waals surface area contributed by atoms with Crippen molar-refractivity contribution in [3.63, 3.8) is 0 Å². The van der Waals surface area contributed by atoms with Gasteiger partial charge in [-0.05, 0) is 61.2 Å². The number of rotatable bonds is 5. The third kappa shape index (κ3) is 3.81. The fourth-order valence-electron chi connectivity index (χ4n) is 6.11. The van der Waals surface area contributed by atoms with E-state index in [1.165, 1.54) is 11.1 Å². The summed E-state index contributed by atoms with van der Waals surface area (Å²) in [6.45, 7) is 2.22. The molecule has 1 saturated heterocycles. The smallest absolute Gasteiger partial charge is 0.256 e. The Morgan fingerprint density at radius 1 is 1.11 bits per heavy atom. The lowest BCUT2D eigenvalue weighted by atomic mass is 9.84. The van der Waals surface area contributed by atoms with E-state index in [4.69, 9.17) is 10.7 Å². The summed E-state index contributed by atoms with van der Waals surface area (Å²) in [6.07, 6.45) is 14.2. The number of carbonyl (C=O) groups is 2. The van der Waals surface area contributed by atoms with E-state index >= 15 is 0 Å². The molecule has 7 nitrogen and oxygen atoms in total. The lowest BCUT2D eigenvalue weighted by Gasteiger charge is -2.28. The SMILES string of the molecule is NC1CC2C=C(c3ccc(C4=NC5(CC5)C(=O)N4C[C@@H]4CCN(C(=O)C5CC5)C4)cc3)C=CC2=CN1. The molecule has 2 unspecified atom stereocenters. The number of nitrogens with two attached hydrogens (primary N) is 1. The van der Waals surface area contributed by atoms with Gasteiger partial charge in [-0.1, -0.05) is 42.5 Å². The third-order valence-corrected chi connectivity index (χ3v) is 8.62. The zero-order valence-electron chi connectivity index (χ0n) is 20.5. The predicted octanol–water partition coefficient (Wildman–Crippen LogP) is 2.80. The maximum absolute atomic E-state index is 13.4. The number of nitrogens with one attached hydrogen (secondary N) is 1. The highest BCUT2D eigenvalue weighted by molar-refractivity contribution is 6.16. The molecule has 36 heavy (non-hydrogen) atoms. The molecule has 3 aliphatic carbocycles. The van der Waals surface area contributed by atoms with E-state index < -0.39 is 5.54 Å². The number of hydrogen-bond acceptors (Lipinski definition) is 5. The minimum absolute atomic E-state index is 0.0115. The topological polar surface area (TPSA) is 91.0 Å². The summed E-state index contributed by atoms with van der Waals surface area (Å²) in [5.41, 5.74) is 10.2. The van der Waals surface area contributed by atoms with Crippen molar-refractivity contribution in [1.82, 2.24) is 15.1 Å². The van der Waals surface area contributed by atoms with Gasteiger partial charge < -0.3 is 16.0 Å². The number of aliphatic imine (C=N–C) groups is 1. The molecule has 0 radical (unpaired) electrons. The van der Waals surface area contributed by atoms with Crippen molar-refractivity contribution >= 4 is 23.2 Å². The van der Waals surface area contributed by atoms with E-state index in [1.54, 1.807) is 0 Å². The predicted molar refractivity (Wildman–Crippen MR) is 138 cm³/mol. The first-order chi connectivity index (χ1) is 17.5. The van der Waals surface area contributed by atoms with Crippen LogP contribution in [0.5, 0.6) is 0 Å². The van der Waals surface area contributed by atoms with Crippen LogP contribution in [-0.2, 0) is 9.59 Å². The Kier molecular flexibility index (Phi) is 5.00. The van der Waals surface area contributed by atoms with Crippen molar-refractivity contribution in [2.45, 2.75) is 50.2 Å². The fourth-order valence-corrected chi connectivity index (χ4v) is 6.11. The first-order valence-electron chi connectivity index (χ1n) is 13.4. The number of likely N-dealkylation sites (tertiary alicyclic amines) is 1. The first-order valence-corrected chi connectivity index (χ1v) is 13.4. The highest BCUT2D eigenvalue weighted by atomic mass is 16.2. The summed E-state index contributed by atoms with van der Waals surface area (Å²) >= 11 is 0. The van der Waals surface area contributed by atoms with Crippen LogP contribution in [0.25, 0.3) is 5.57 Å². The number of benzene rings is 1. The summed E-state index contributed by atoms with van der Waals surface area (Å²) in [6, 6.07) is 8.47. The molecule has 186 valence electrons. The minimum Gasteiger partial charge on any atom is -0.376 e. The molecule has 7 rings (SSSR count). The summed E-state index contributed by atoms with van der Waals surface area (Å²) in [5, 5.41) is 3.21. The Labute approximate surface area is 211 Å². The molecule has 6 aliphatic rings. The van der Waals surface area contributed by atoms with Gasteiger partial charge in [-0.25, -0.2) is 0 Å². The molecule has 3 atom stereocenters. The molecule has 3 N–H and O–H groups in total. The highest BCUT2D eigenvalue weighted by Gasteiger charge is 2.57. The molecule has 1 aromatic carbocycles. The molecular weight excluding hydrogens is 450 g/mol. The summed E-state index contributed by atoms with van der Waals surface area (Å²) in [4.78, 5) is 34.8. The molecule has 3 aliphatic heterocycles. The van der Waals surface area contributed by atoms with Crippen molar-refractivity contribution in [3.05, 3.63) is 65.4 Å². The molecular formula is C29H33N5O2. The Balaban J connectivity index is 1.09. The average Bonchev–Trinajstić information content (AvgIpc) is 3.82. The third-order valence-electron chi connectivity index (χ3n) is 8.62. The molecule has 7 heteroatoms. The number of amidine groups is 1. The maximum Gasteiger partial charge on any atom is 0.256 e. The largest absolute Gasteiger partial charge is 0.376 e. The maximum atomic E-state index is 13.4. The average molecular weight is 484 g/mol. The van der Waals surface area contributed by atoms with Gasteiger partial charge in [-0.2, -0.15) is 0 Å². The second-order valence-electron chi connectivity index (χ2n) is 11.4. The van der Waals surface area contributed by atoms with Crippen molar-refractivity contribution in [2.24, 2.45) is 28.5 Å². The van der Waals surface area contributed by atoms with Gasteiger partial charge in [0.05, 0.1) is 6.17 Å². The van der Waals surface area contributed by atoms with Crippen LogP contribution in [0.4, 0.5) is 0 Å². The molecule has 0 aromatic heterocycles. The van der Waals surface area contributed by atoms with Crippen molar-refractivity contribution < 1.29 is 9.59 Å². The molecule has 0 bridgehead atoms. The van der Waals surface area contributed by atoms with E-state index in [0.29, 0.717) is 24.3 Å². The Morgan fingerprint density at radius 2 is 1.89 bits per heavy atom. The van der Waals surface area contributed by atoms with Gasteiger partial charge in [0.2, 0.25) is 5.91 Å². The van der Waals surface area contributed by atoms with Crippen LogP contribution in [0.2, 0.25) is 0 Å². The molecule has 1 spiro atoms. The van der Waals surface area contributed by atoms with Crippen LogP contribution in [0, 0.1) is 17.8 Å². The van der Waals surface area contributed by atoms with Crippen molar-refractivity contribution in [1.29, 1.82) is 0 Å². The Hall–Kier alpha value is -3.19. The van der Waals surface area contributed by atoms with Gasteiger partial charge in [0, 0.05) is 43.2 Å². The summed E-state index contributed by atoms with van der Waals surface area (Å²) in [5.74, 6) is 2.16. The normalized spacial score (nSPS) is 30.1. The van der Waals surface area contributed by atoms with E-state index in [9.17, 15) is 9.59 Å². The van der Waals surface area contributed by atoms with Gasteiger partial charge >= 0.3 is 0 Å². The zero-order valence-corrected chi connectivity index (χ0v) is 20.5. The molecule has 3 heterocycles. The standard InChI is InChI=1S/C29H33N5O2/c30-25-14-24-13-22(7-8-23(24)15-31-25)19-1-3-20(4-2-19)26-32-29(10-11-29)28(36)34(26)17-18-9-12-33(16-18)27(35)21-5-6-21/h1-4,7-8,13,15,18,21,24-25,31H,5-6,9-12,14,16-17,30H2/t18-,24?,25?/m1/s1. The van der Waals surface area contributed by atoms with E-state index in [-0.39, 0.29) is 18.0 Å². The number of allylic oxidation sites excluding steroid dienone is 5. The van der Waals surface area contributed by atoms with Crippen LogP contribution < -0.4 is 11.1 Å². The number of carbonyl (C=O) groups excluding carboxylic acids is 2. The van der Waals surface area contributed by atoms with Gasteiger partial charge in [-0.3, -0.25) is 19.5 Å². The summed E-state index contributed by atoms with van der Waals surface area (Å²) < 4.78 is 0. The molecule has 2 saturated carbocycles. The van der Waals surface area contributed by atoms with Gasteiger partial charge in [0.15, 0.2) is 0 Å². The van der Waals surface area contributed by atoms with Crippen molar-refractivity contribution in [2.75, 3.05) is 19.6 Å². The van der Waals surface area contributed by atoms with Crippen LogP contribution in [-0.4, -0.2) is 58.8 Å². The fraction of sp³-hybridized carbons (Fsp3) is 0.483. The Bertz CT molecular complexity index is 1230. The monoisotopic (exact) mass is 483 g/mol. The lowest BCUT2D eigenvalue weighted by molar-refractivity contribution is -0.131. The number of hydrogen-bond donors (Lipinski definition) is 2. The second-order valence-corrected chi connectivity index (χ2v) is 11.4. The van der Waals surface area contributed by atoms with E-state index in [2.05, 4.69) is 47.8 Å². The number of fused-ring (bicyclic) bond motifs is 1. The quantitative estimate of drug-likeness (QED) is 0.674. The number of nitrogens with zero attached hydrogens (tertiary/aromatic N) is 3. The molecule has 1 aromatic rings. The van der Waals surface area contributed by atoms with Gasteiger partial charge in [0.25, 0.3) is 5.91 Å².